The van der Waals surface area contributed by atoms with Crippen molar-refractivity contribution in [1.29, 1.82) is 0 Å². The van der Waals surface area contributed by atoms with E-state index in [1.807, 2.05) is 0 Å². The summed E-state index contributed by atoms with van der Waals surface area (Å²) in [5.41, 5.74) is 0. The van der Waals surface area contributed by atoms with Crippen LogP contribution in [-0.2, 0) is 4.74 Å². The summed E-state index contributed by atoms with van der Waals surface area (Å²) >= 11 is 0. The fourth-order valence-corrected chi connectivity index (χ4v) is 2.79. The maximum atomic E-state index is 5.18. The lowest BCUT2D eigenvalue weighted by Crippen LogP contribution is -2.58. The molecule has 1 fully saturated rings. The van der Waals surface area contributed by atoms with Gasteiger partial charge in [-0.2, -0.15) is 0 Å². The zero-order valence-corrected chi connectivity index (χ0v) is 12.9. The molecular weight excluding hydrogens is 224 g/mol. The lowest BCUT2D eigenvalue weighted by atomic mass is 9.95. The lowest BCUT2D eigenvalue weighted by molar-refractivity contribution is 0.0865. The van der Waals surface area contributed by atoms with Gasteiger partial charge in [0.25, 0.3) is 0 Å². The molecule has 1 aliphatic heterocycles. The average Bonchev–Trinajstić information content (AvgIpc) is 2.30. The monoisotopic (exact) mass is 256 g/mol. The van der Waals surface area contributed by atoms with Crippen LogP contribution in [0.1, 0.15) is 40.5 Å². The van der Waals surface area contributed by atoms with E-state index in [4.69, 9.17) is 4.74 Å². The third kappa shape index (κ3) is 5.25. The molecule has 0 bridgehead atoms. The molecule has 3 heteroatoms. The van der Waals surface area contributed by atoms with E-state index >= 15 is 0 Å². The van der Waals surface area contributed by atoms with Crippen molar-refractivity contribution in [2.45, 2.75) is 52.6 Å². The first-order valence-electron chi connectivity index (χ1n) is 7.51. The number of piperazine rings is 1. The van der Waals surface area contributed by atoms with Gasteiger partial charge in [0.1, 0.15) is 0 Å². The van der Waals surface area contributed by atoms with E-state index in [-0.39, 0.29) is 0 Å². The summed E-state index contributed by atoms with van der Waals surface area (Å²) in [6, 6.07) is 1.35. The molecule has 1 saturated heterocycles. The Labute approximate surface area is 113 Å². The molecule has 3 nitrogen and oxygen atoms in total. The number of ether oxygens (including phenoxy) is 1. The van der Waals surface area contributed by atoms with E-state index in [9.17, 15) is 0 Å². The minimum atomic E-state index is 0.649. The van der Waals surface area contributed by atoms with Gasteiger partial charge in [-0.15, -0.1) is 0 Å². The SMILES string of the molecule is COCCCN1CC(C(C)C)NCC1CC(C)C. The number of nitrogens with one attached hydrogen (secondary N) is 1. The highest BCUT2D eigenvalue weighted by atomic mass is 16.5. The Balaban J connectivity index is 2.49. The minimum absolute atomic E-state index is 0.649. The Kier molecular flexibility index (Phi) is 7.20. The highest BCUT2D eigenvalue weighted by Gasteiger charge is 2.29. The summed E-state index contributed by atoms with van der Waals surface area (Å²) < 4.78 is 5.18. The molecule has 1 N–H and O–H groups in total. The highest BCUT2D eigenvalue weighted by molar-refractivity contribution is 4.87. The summed E-state index contributed by atoms with van der Waals surface area (Å²) in [7, 11) is 1.79. The van der Waals surface area contributed by atoms with Crippen LogP contribution in [-0.4, -0.2) is 50.3 Å². The van der Waals surface area contributed by atoms with Crippen LogP contribution in [0, 0.1) is 11.8 Å². The number of hydrogen-bond donors (Lipinski definition) is 1. The van der Waals surface area contributed by atoms with Gasteiger partial charge in [0.15, 0.2) is 0 Å². The normalized spacial score (nSPS) is 26.2. The maximum absolute atomic E-state index is 5.18. The second-order valence-electron chi connectivity index (χ2n) is 6.38. The molecule has 2 unspecified atom stereocenters. The topological polar surface area (TPSA) is 24.5 Å². The van der Waals surface area contributed by atoms with Crippen LogP contribution in [0.5, 0.6) is 0 Å². The van der Waals surface area contributed by atoms with Gasteiger partial charge in [0.05, 0.1) is 0 Å². The van der Waals surface area contributed by atoms with Crippen LogP contribution in [0.3, 0.4) is 0 Å². The van der Waals surface area contributed by atoms with Crippen LogP contribution in [0.25, 0.3) is 0 Å². The van der Waals surface area contributed by atoms with Gasteiger partial charge in [-0.25, -0.2) is 0 Å². The molecule has 2 atom stereocenters. The Bertz CT molecular complexity index is 219. The van der Waals surface area contributed by atoms with Crippen LogP contribution >= 0.6 is 0 Å². The molecular formula is C15H32N2O. The average molecular weight is 256 g/mol. The predicted octanol–water partition coefficient (Wildman–Crippen LogP) is 2.37. The molecule has 18 heavy (non-hydrogen) atoms. The van der Waals surface area contributed by atoms with Crippen LogP contribution in [0.4, 0.5) is 0 Å². The van der Waals surface area contributed by atoms with Crippen molar-refractivity contribution in [3.05, 3.63) is 0 Å². The Morgan fingerprint density at radius 2 is 2.00 bits per heavy atom. The highest BCUT2D eigenvalue weighted by Crippen LogP contribution is 2.18. The molecule has 0 radical (unpaired) electrons. The first-order valence-corrected chi connectivity index (χ1v) is 7.51. The lowest BCUT2D eigenvalue weighted by Gasteiger charge is -2.42. The fourth-order valence-electron chi connectivity index (χ4n) is 2.79. The molecule has 1 heterocycles. The van der Waals surface area contributed by atoms with E-state index in [0.29, 0.717) is 12.1 Å². The van der Waals surface area contributed by atoms with Crippen LogP contribution in [0.2, 0.25) is 0 Å². The van der Waals surface area contributed by atoms with Crippen molar-refractivity contribution in [3.8, 4) is 0 Å². The van der Waals surface area contributed by atoms with Gasteiger partial charge < -0.3 is 10.1 Å². The molecule has 0 aromatic rings. The van der Waals surface area contributed by atoms with Gasteiger partial charge in [-0.3, -0.25) is 4.90 Å². The van der Waals surface area contributed by atoms with Crippen molar-refractivity contribution in [2.24, 2.45) is 11.8 Å². The van der Waals surface area contributed by atoms with E-state index in [1.165, 1.54) is 19.5 Å². The van der Waals surface area contributed by atoms with Gasteiger partial charge in [-0.1, -0.05) is 27.7 Å². The standard InChI is InChI=1S/C15H32N2O/c1-12(2)9-14-10-16-15(13(3)4)11-17(14)7-6-8-18-5/h12-16H,6-11H2,1-5H3. The quantitative estimate of drug-likeness (QED) is 0.708. The number of hydrogen-bond acceptors (Lipinski definition) is 3. The minimum Gasteiger partial charge on any atom is -0.385 e. The first-order chi connectivity index (χ1) is 8.54. The maximum Gasteiger partial charge on any atom is 0.0474 e. The number of nitrogens with zero attached hydrogens (tertiary/aromatic N) is 1. The van der Waals surface area contributed by atoms with E-state index < -0.39 is 0 Å². The molecule has 0 saturated carbocycles. The molecule has 1 rings (SSSR count). The van der Waals surface area contributed by atoms with Crippen LogP contribution in [0.15, 0.2) is 0 Å². The fraction of sp³-hybridized carbons (Fsp3) is 1.00. The summed E-state index contributed by atoms with van der Waals surface area (Å²) in [6.45, 7) is 13.7. The second kappa shape index (κ2) is 8.13. The molecule has 0 aliphatic carbocycles. The summed E-state index contributed by atoms with van der Waals surface area (Å²) in [4.78, 5) is 2.68. The molecule has 0 aromatic carbocycles. The second-order valence-corrected chi connectivity index (χ2v) is 6.38. The van der Waals surface area contributed by atoms with Crippen molar-refractivity contribution < 1.29 is 4.74 Å². The molecule has 0 spiro atoms. The third-order valence-electron chi connectivity index (χ3n) is 3.91. The van der Waals surface area contributed by atoms with Crippen molar-refractivity contribution >= 4 is 0 Å². The van der Waals surface area contributed by atoms with Gasteiger partial charge >= 0.3 is 0 Å². The smallest absolute Gasteiger partial charge is 0.0474 e. The van der Waals surface area contributed by atoms with E-state index in [2.05, 4.69) is 37.9 Å². The van der Waals surface area contributed by atoms with Gasteiger partial charge in [0.2, 0.25) is 0 Å². The zero-order chi connectivity index (χ0) is 13.5. The third-order valence-corrected chi connectivity index (χ3v) is 3.91. The van der Waals surface area contributed by atoms with Crippen molar-refractivity contribution in [1.82, 2.24) is 10.2 Å². The first kappa shape index (κ1) is 15.9. The number of methoxy groups -OCH3 is 1. The summed E-state index contributed by atoms with van der Waals surface area (Å²) in [5.74, 6) is 1.49. The van der Waals surface area contributed by atoms with E-state index in [0.717, 1.165) is 31.4 Å². The summed E-state index contributed by atoms with van der Waals surface area (Å²) in [6.07, 6.45) is 2.45. The Morgan fingerprint density at radius 3 is 2.56 bits per heavy atom. The molecule has 108 valence electrons. The zero-order valence-electron chi connectivity index (χ0n) is 12.9. The summed E-state index contributed by atoms with van der Waals surface area (Å²) in [5, 5.41) is 3.72. The van der Waals surface area contributed by atoms with E-state index in [1.54, 1.807) is 7.11 Å². The van der Waals surface area contributed by atoms with Crippen molar-refractivity contribution in [3.63, 3.8) is 0 Å². The molecule has 0 aromatic heterocycles. The Hall–Kier alpha value is -0.120. The van der Waals surface area contributed by atoms with Gasteiger partial charge in [0, 0.05) is 45.4 Å². The molecule has 1 aliphatic rings. The largest absolute Gasteiger partial charge is 0.385 e. The Morgan fingerprint density at radius 1 is 1.28 bits per heavy atom. The van der Waals surface area contributed by atoms with Gasteiger partial charge in [-0.05, 0) is 24.7 Å². The van der Waals surface area contributed by atoms with Crippen LogP contribution < -0.4 is 5.32 Å². The van der Waals surface area contributed by atoms with Crippen molar-refractivity contribution in [2.75, 3.05) is 33.4 Å². The predicted molar refractivity (Wildman–Crippen MR) is 77.9 cm³/mol. The molecule has 0 amide bonds. The number of rotatable bonds is 7.